The summed E-state index contributed by atoms with van der Waals surface area (Å²) in [6.45, 7) is 1.57. The van der Waals surface area contributed by atoms with E-state index in [1.165, 1.54) is 24.1 Å². The molecule has 0 aliphatic rings. The Balaban J connectivity index is 2.09. The Morgan fingerprint density at radius 1 is 1.07 bits per heavy atom. The summed E-state index contributed by atoms with van der Waals surface area (Å²) in [4.78, 5) is 26.1. The molecule has 6 nitrogen and oxygen atoms in total. The van der Waals surface area contributed by atoms with Crippen LogP contribution in [-0.2, 0) is 16.1 Å². The zero-order valence-electron chi connectivity index (χ0n) is 15.6. The van der Waals surface area contributed by atoms with Gasteiger partial charge in [0.25, 0.3) is 5.91 Å². The fraction of sp³-hybridized carbons (Fsp3) is 0.300. The number of benzene rings is 2. The van der Waals surface area contributed by atoms with Gasteiger partial charge in [0, 0.05) is 13.6 Å². The third-order valence-electron chi connectivity index (χ3n) is 4.10. The Morgan fingerprint density at radius 3 is 2.22 bits per heavy atom. The van der Waals surface area contributed by atoms with Crippen molar-refractivity contribution in [3.63, 3.8) is 0 Å². The van der Waals surface area contributed by atoms with Crippen LogP contribution in [0.1, 0.15) is 12.5 Å². The highest BCUT2D eigenvalue weighted by molar-refractivity contribution is 5.87. The molecule has 0 saturated heterocycles. The highest BCUT2D eigenvalue weighted by Gasteiger charge is 2.25. The van der Waals surface area contributed by atoms with Gasteiger partial charge in [-0.2, -0.15) is 0 Å². The first-order valence-corrected chi connectivity index (χ1v) is 8.47. The molecule has 0 aliphatic heterocycles. The van der Waals surface area contributed by atoms with Crippen molar-refractivity contribution in [1.82, 2.24) is 10.2 Å². The summed E-state index contributed by atoms with van der Waals surface area (Å²) in [5.74, 6) is 0.179. The minimum atomic E-state index is -0.702. The van der Waals surface area contributed by atoms with E-state index in [-0.39, 0.29) is 30.8 Å². The van der Waals surface area contributed by atoms with Crippen molar-refractivity contribution in [3.8, 4) is 11.5 Å². The van der Waals surface area contributed by atoms with E-state index in [9.17, 15) is 14.0 Å². The fourth-order valence-electron chi connectivity index (χ4n) is 2.48. The van der Waals surface area contributed by atoms with Gasteiger partial charge < -0.3 is 19.7 Å². The molecule has 0 bridgehead atoms. The van der Waals surface area contributed by atoms with Gasteiger partial charge in [0.05, 0.1) is 7.11 Å². The predicted molar refractivity (Wildman–Crippen MR) is 99.0 cm³/mol. The maximum absolute atomic E-state index is 13.1. The molecule has 0 heterocycles. The van der Waals surface area contributed by atoms with E-state index in [0.717, 1.165) is 0 Å². The molecule has 0 spiro atoms. The van der Waals surface area contributed by atoms with E-state index in [1.54, 1.807) is 50.4 Å². The number of hydrogen-bond acceptors (Lipinski definition) is 4. The standard InChI is InChI=1S/C20H23FN2O4/c1-14(20(25)22-2)23(12-15-4-6-16(21)7-5-15)19(24)13-27-18-10-8-17(26-3)9-11-18/h4-11,14H,12-13H2,1-3H3,(H,22,25). The van der Waals surface area contributed by atoms with Gasteiger partial charge in [-0.15, -0.1) is 0 Å². The van der Waals surface area contributed by atoms with E-state index >= 15 is 0 Å². The molecule has 0 radical (unpaired) electrons. The minimum Gasteiger partial charge on any atom is -0.497 e. The molecular formula is C20H23FN2O4. The van der Waals surface area contributed by atoms with Crippen LogP contribution < -0.4 is 14.8 Å². The van der Waals surface area contributed by atoms with Crippen molar-refractivity contribution in [2.75, 3.05) is 20.8 Å². The normalized spacial score (nSPS) is 11.4. The molecule has 1 atom stereocenters. The first-order valence-electron chi connectivity index (χ1n) is 8.47. The number of amides is 2. The highest BCUT2D eigenvalue weighted by atomic mass is 19.1. The average molecular weight is 374 g/mol. The van der Waals surface area contributed by atoms with Crippen molar-refractivity contribution in [2.24, 2.45) is 0 Å². The Labute approximate surface area is 157 Å². The van der Waals surface area contributed by atoms with Crippen LogP contribution in [0.2, 0.25) is 0 Å². The monoisotopic (exact) mass is 374 g/mol. The van der Waals surface area contributed by atoms with E-state index in [2.05, 4.69) is 5.32 Å². The molecule has 2 aromatic carbocycles. The first kappa shape index (κ1) is 20.2. The van der Waals surface area contributed by atoms with Crippen LogP contribution in [0.25, 0.3) is 0 Å². The zero-order valence-corrected chi connectivity index (χ0v) is 15.6. The summed E-state index contributed by atoms with van der Waals surface area (Å²) in [5.41, 5.74) is 0.713. The van der Waals surface area contributed by atoms with Gasteiger partial charge in [0.1, 0.15) is 23.4 Å². The molecule has 0 fully saturated rings. The van der Waals surface area contributed by atoms with Crippen LogP contribution in [0.3, 0.4) is 0 Å². The summed E-state index contributed by atoms with van der Waals surface area (Å²) in [5, 5.41) is 2.53. The molecule has 2 aromatic rings. The summed E-state index contributed by atoms with van der Waals surface area (Å²) in [6.07, 6.45) is 0. The molecule has 1 unspecified atom stereocenters. The summed E-state index contributed by atoms with van der Waals surface area (Å²) in [7, 11) is 3.07. The second kappa shape index (κ2) is 9.56. The smallest absolute Gasteiger partial charge is 0.261 e. The van der Waals surface area contributed by atoms with Crippen LogP contribution in [0, 0.1) is 5.82 Å². The molecule has 2 rings (SSSR count). The van der Waals surface area contributed by atoms with Crippen molar-refractivity contribution in [1.29, 1.82) is 0 Å². The quantitative estimate of drug-likeness (QED) is 0.770. The van der Waals surface area contributed by atoms with Gasteiger partial charge in [-0.25, -0.2) is 4.39 Å². The zero-order chi connectivity index (χ0) is 19.8. The van der Waals surface area contributed by atoms with E-state index in [1.807, 2.05) is 0 Å². The lowest BCUT2D eigenvalue weighted by Gasteiger charge is -2.28. The van der Waals surface area contributed by atoms with Crippen LogP contribution >= 0.6 is 0 Å². The number of carbonyl (C=O) groups excluding carboxylic acids is 2. The number of halogens is 1. The summed E-state index contributed by atoms with van der Waals surface area (Å²) < 4.78 is 23.7. The highest BCUT2D eigenvalue weighted by Crippen LogP contribution is 2.17. The fourth-order valence-corrected chi connectivity index (χ4v) is 2.48. The first-order chi connectivity index (χ1) is 12.9. The molecule has 7 heteroatoms. The van der Waals surface area contributed by atoms with E-state index in [0.29, 0.717) is 17.1 Å². The molecule has 0 saturated carbocycles. The number of rotatable bonds is 8. The third kappa shape index (κ3) is 5.70. The molecule has 144 valence electrons. The maximum Gasteiger partial charge on any atom is 0.261 e. The number of nitrogens with zero attached hydrogens (tertiary/aromatic N) is 1. The number of hydrogen-bond donors (Lipinski definition) is 1. The Morgan fingerprint density at radius 2 is 1.67 bits per heavy atom. The Bertz CT molecular complexity index is 763. The third-order valence-corrected chi connectivity index (χ3v) is 4.10. The number of likely N-dealkylation sites (N-methyl/N-ethyl adjacent to an activating group) is 1. The van der Waals surface area contributed by atoms with Crippen molar-refractivity contribution < 1.29 is 23.5 Å². The lowest BCUT2D eigenvalue weighted by molar-refractivity contribution is -0.142. The molecule has 2 amide bonds. The lowest BCUT2D eigenvalue weighted by atomic mass is 10.1. The van der Waals surface area contributed by atoms with E-state index < -0.39 is 6.04 Å². The van der Waals surface area contributed by atoms with Crippen LogP contribution in [0.15, 0.2) is 48.5 Å². The average Bonchev–Trinajstić information content (AvgIpc) is 2.70. The predicted octanol–water partition coefficient (Wildman–Crippen LogP) is 2.38. The Hall–Kier alpha value is -3.09. The molecule has 0 aromatic heterocycles. The maximum atomic E-state index is 13.1. The number of ether oxygens (including phenoxy) is 2. The summed E-state index contributed by atoms with van der Waals surface area (Å²) >= 11 is 0. The number of methoxy groups -OCH3 is 1. The largest absolute Gasteiger partial charge is 0.497 e. The second-order valence-electron chi connectivity index (χ2n) is 5.90. The lowest BCUT2D eigenvalue weighted by Crippen LogP contribution is -2.48. The molecular weight excluding hydrogens is 351 g/mol. The van der Waals surface area contributed by atoms with Crippen LogP contribution in [-0.4, -0.2) is 43.5 Å². The van der Waals surface area contributed by atoms with Gasteiger partial charge in [0.15, 0.2) is 6.61 Å². The van der Waals surface area contributed by atoms with Crippen molar-refractivity contribution in [2.45, 2.75) is 19.5 Å². The Kier molecular flexibility index (Phi) is 7.16. The van der Waals surface area contributed by atoms with Gasteiger partial charge in [0.2, 0.25) is 5.91 Å². The van der Waals surface area contributed by atoms with Gasteiger partial charge in [-0.3, -0.25) is 9.59 Å². The van der Waals surface area contributed by atoms with Crippen LogP contribution in [0.5, 0.6) is 11.5 Å². The van der Waals surface area contributed by atoms with Crippen LogP contribution in [0.4, 0.5) is 4.39 Å². The molecule has 0 aliphatic carbocycles. The second-order valence-corrected chi connectivity index (χ2v) is 5.90. The van der Waals surface area contributed by atoms with Crippen molar-refractivity contribution >= 4 is 11.8 Å². The van der Waals surface area contributed by atoms with Gasteiger partial charge >= 0.3 is 0 Å². The van der Waals surface area contributed by atoms with E-state index in [4.69, 9.17) is 9.47 Å². The van der Waals surface area contributed by atoms with Crippen molar-refractivity contribution in [3.05, 3.63) is 59.9 Å². The molecule has 27 heavy (non-hydrogen) atoms. The SMILES string of the molecule is CNC(=O)C(C)N(Cc1ccc(F)cc1)C(=O)COc1ccc(OC)cc1. The topological polar surface area (TPSA) is 67.9 Å². The number of nitrogens with one attached hydrogen (secondary N) is 1. The summed E-state index contributed by atoms with van der Waals surface area (Å²) in [6, 6.07) is 11.9. The minimum absolute atomic E-state index is 0.166. The van der Waals surface area contributed by atoms with Gasteiger partial charge in [-0.05, 0) is 48.9 Å². The van der Waals surface area contributed by atoms with Gasteiger partial charge in [-0.1, -0.05) is 12.1 Å². The molecule has 1 N–H and O–H groups in total. The number of carbonyl (C=O) groups is 2.